The molecule has 68 valence electrons. The number of nitrogens with zero attached hydrogens (tertiary/aromatic N) is 3. The average Bonchev–Trinajstić information content (AvgIpc) is 2.62. The highest BCUT2D eigenvalue weighted by Crippen LogP contribution is 2.11. The Balaban J connectivity index is 2.39. The van der Waals surface area contributed by atoms with Gasteiger partial charge in [-0.05, 0) is 11.2 Å². The molecule has 0 radical (unpaired) electrons. The van der Waals surface area contributed by atoms with Crippen LogP contribution in [0.1, 0.15) is 0 Å². The van der Waals surface area contributed by atoms with Crippen LogP contribution in [0.25, 0.3) is 0 Å². The first-order valence-electron chi connectivity index (χ1n) is 3.59. The number of ether oxygens (including phenoxy) is 1. The van der Waals surface area contributed by atoms with Crippen LogP contribution in [0.15, 0.2) is 23.3 Å². The molecule has 0 aromatic carbocycles. The second-order valence-corrected chi connectivity index (χ2v) is 2.42. The SMILES string of the molecule is [O-][n+]1c(F)cccc1N1COC=N1. The highest BCUT2D eigenvalue weighted by atomic mass is 19.1. The molecule has 1 aromatic rings. The molecule has 2 heterocycles. The molecule has 0 atom stereocenters. The van der Waals surface area contributed by atoms with Gasteiger partial charge >= 0.3 is 5.82 Å². The summed E-state index contributed by atoms with van der Waals surface area (Å²) < 4.78 is 17.7. The largest absolute Gasteiger partial charge is 0.709 e. The van der Waals surface area contributed by atoms with Crippen molar-refractivity contribution in [1.82, 2.24) is 0 Å². The van der Waals surface area contributed by atoms with Crippen LogP contribution in [-0.4, -0.2) is 13.1 Å². The monoisotopic (exact) mass is 183 g/mol. The summed E-state index contributed by atoms with van der Waals surface area (Å²) >= 11 is 0. The fourth-order valence-corrected chi connectivity index (χ4v) is 1.00. The minimum Gasteiger partial charge on any atom is -0.709 e. The van der Waals surface area contributed by atoms with Crippen LogP contribution in [0.3, 0.4) is 0 Å². The van der Waals surface area contributed by atoms with Crippen molar-refractivity contribution in [2.24, 2.45) is 5.10 Å². The minimum atomic E-state index is -0.861. The van der Waals surface area contributed by atoms with Gasteiger partial charge in [0.05, 0.1) is 0 Å². The first-order chi connectivity index (χ1) is 6.29. The van der Waals surface area contributed by atoms with Crippen molar-refractivity contribution in [3.05, 3.63) is 29.4 Å². The Morgan fingerprint density at radius 2 is 2.46 bits per heavy atom. The quantitative estimate of drug-likeness (QED) is 0.355. The molecule has 0 bridgehead atoms. The van der Waals surface area contributed by atoms with Crippen molar-refractivity contribution in [3.63, 3.8) is 0 Å². The zero-order valence-corrected chi connectivity index (χ0v) is 6.55. The van der Waals surface area contributed by atoms with Gasteiger partial charge in [-0.1, -0.05) is 5.01 Å². The number of pyridine rings is 1. The second-order valence-electron chi connectivity index (χ2n) is 2.42. The van der Waals surface area contributed by atoms with E-state index in [2.05, 4.69) is 5.10 Å². The number of aromatic nitrogens is 1. The molecular weight excluding hydrogens is 177 g/mol. The zero-order valence-electron chi connectivity index (χ0n) is 6.55. The van der Waals surface area contributed by atoms with E-state index in [0.717, 1.165) is 6.07 Å². The van der Waals surface area contributed by atoms with Crippen LogP contribution >= 0.6 is 0 Å². The molecule has 2 rings (SSSR count). The van der Waals surface area contributed by atoms with E-state index in [0.29, 0.717) is 0 Å². The fraction of sp³-hybridized carbons (Fsp3) is 0.143. The maximum atomic E-state index is 12.8. The molecule has 1 aliphatic heterocycles. The number of rotatable bonds is 1. The normalized spacial score (nSPS) is 14.7. The molecule has 5 nitrogen and oxygen atoms in total. The van der Waals surface area contributed by atoms with Crippen molar-refractivity contribution in [3.8, 4) is 0 Å². The van der Waals surface area contributed by atoms with Crippen LogP contribution in [-0.2, 0) is 4.74 Å². The summed E-state index contributed by atoms with van der Waals surface area (Å²) in [5.74, 6) is -0.756. The Morgan fingerprint density at radius 1 is 1.62 bits per heavy atom. The third-order valence-corrected chi connectivity index (χ3v) is 1.60. The van der Waals surface area contributed by atoms with Gasteiger partial charge in [-0.25, -0.2) is 4.73 Å². The molecule has 13 heavy (non-hydrogen) atoms. The third kappa shape index (κ3) is 1.26. The summed E-state index contributed by atoms with van der Waals surface area (Å²) in [6.07, 6.45) is 1.20. The minimum absolute atomic E-state index is 0.105. The molecule has 0 saturated heterocycles. The Labute approximate surface area is 73.2 Å². The molecule has 1 aliphatic rings. The Morgan fingerprint density at radius 3 is 3.15 bits per heavy atom. The molecular formula is C7H6FN3O2. The van der Waals surface area contributed by atoms with Crippen molar-refractivity contribution < 1.29 is 13.9 Å². The van der Waals surface area contributed by atoms with Gasteiger partial charge in [-0.2, -0.15) is 4.39 Å². The number of hydrogen-bond donors (Lipinski definition) is 0. The predicted molar refractivity (Wildman–Crippen MR) is 42.3 cm³/mol. The van der Waals surface area contributed by atoms with Crippen molar-refractivity contribution in [2.75, 3.05) is 11.7 Å². The summed E-state index contributed by atoms with van der Waals surface area (Å²) in [7, 11) is 0. The smallest absolute Gasteiger partial charge is 0.310 e. The molecule has 0 aliphatic carbocycles. The predicted octanol–water partition coefficient (Wildman–Crippen LogP) is 0.197. The highest BCUT2D eigenvalue weighted by Gasteiger charge is 2.21. The number of halogens is 1. The summed E-state index contributed by atoms with van der Waals surface area (Å²) in [6.45, 7) is 0.131. The summed E-state index contributed by atoms with van der Waals surface area (Å²) in [5, 5.41) is 16.1. The molecule has 1 aromatic heterocycles. The van der Waals surface area contributed by atoms with Gasteiger partial charge in [0, 0.05) is 12.1 Å². The number of anilines is 1. The maximum Gasteiger partial charge on any atom is 0.310 e. The van der Waals surface area contributed by atoms with E-state index in [-0.39, 0.29) is 17.3 Å². The summed E-state index contributed by atoms with van der Waals surface area (Å²) in [4.78, 5) is 0. The molecule has 0 N–H and O–H groups in total. The van der Waals surface area contributed by atoms with Crippen molar-refractivity contribution >= 4 is 12.2 Å². The van der Waals surface area contributed by atoms with Crippen LogP contribution in [0.2, 0.25) is 0 Å². The molecule has 6 heteroatoms. The fourth-order valence-electron chi connectivity index (χ4n) is 1.00. The van der Waals surface area contributed by atoms with Crippen LogP contribution in [0.4, 0.5) is 10.2 Å². The first kappa shape index (κ1) is 7.78. The summed E-state index contributed by atoms with van der Waals surface area (Å²) in [5.41, 5.74) is 0. The van der Waals surface area contributed by atoms with Gasteiger partial charge in [0.15, 0.2) is 0 Å². The average molecular weight is 183 g/mol. The Hall–Kier alpha value is -1.85. The lowest BCUT2D eigenvalue weighted by atomic mass is 10.4. The van der Waals surface area contributed by atoms with E-state index in [1.165, 1.54) is 23.5 Å². The lowest BCUT2D eigenvalue weighted by Crippen LogP contribution is -2.38. The lowest BCUT2D eigenvalue weighted by molar-refractivity contribution is -0.624. The molecule has 0 unspecified atom stereocenters. The second kappa shape index (κ2) is 2.89. The van der Waals surface area contributed by atoms with Crippen molar-refractivity contribution in [2.45, 2.75) is 0 Å². The highest BCUT2D eigenvalue weighted by molar-refractivity contribution is 5.53. The third-order valence-electron chi connectivity index (χ3n) is 1.60. The van der Waals surface area contributed by atoms with E-state index >= 15 is 0 Å². The Bertz CT molecular complexity index is 356. The molecule has 0 spiro atoms. The van der Waals surface area contributed by atoms with E-state index in [1.54, 1.807) is 0 Å². The van der Waals surface area contributed by atoms with Crippen LogP contribution in [0, 0.1) is 11.2 Å². The first-order valence-corrected chi connectivity index (χ1v) is 3.59. The van der Waals surface area contributed by atoms with E-state index < -0.39 is 5.95 Å². The van der Waals surface area contributed by atoms with E-state index in [9.17, 15) is 9.60 Å². The lowest BCUT2D eigenvalue weighted by Gasteiger charge is -2.10. The molecule has 0 fully saturated rings. The van der Waals surface area contributed by atoms with Crippen molar-refractivity contribution in [1.29, 1.82) is 0 Å². The number of hydrazone groups is 1. The van der Waals surface area contributed by atoms with E-state index in [1.807, 2.05) is 0 Å². The van der Waals surface area contributed by atoms with Gasteiger partial charge in [0.2, 0.25) is 6.40 Å². The zero-order chi connectivity index (χ0) is 9.26. The van der Waals surface area contributed by atoms with Gasteiger partial charge in [-0.15, -0.1) is 0 Å². The standard InChI is InChI=1S/C7H6FN3O2/c8-6-2-1-3-7(11(6)12)10-5-13-4-9-10/h1-4H,5H2. The van der Waals surface area contributed by atoms with Gasteiger partial charge in [0.25, 0.3) is 12.7 Å². The Kier molecular flexibility index (Phi) is 1.73. The maximum absolute atomic E-state index is 12.8. The number of hydrogen-bond acceptors (Lipinski definition) is 4. The topological polar surface area (TPSA) is 51.8 Å². The molecule has 0 amide bonds. The van der Waals surface area contributed by atoms with Gasteiger partial charge in [0.1, 0.15) is 0 Å². The van der Waals surface area contributed by atoms with Crippen LogP contribution < -0.4 is 9.74 Å². The summed E-state index contributed by atoms with van der Waals surface area (Å²) in [6, 6.07) is 3.98. The van der Waals surface area contributed by atoms with E-state index in [4.69, 9.17) is 4.74 Å². The van der Waals surface area contributed by atoms with Gasteiger partial charge in [-0.3, -0.25) is 0 Å². The van der Waals surface area contributed by atoms with Gasteiger partial charge < -0.3 is 9.94 Å². The molecule has 0 saturated carbocycles. The van der Waals surface area contributed by atoms with Crippen LogP contribution in [0.5, 0.6) is 0 Å².